The molecule has 20 heavy (non-hydrogen) atoms. The second-order valence-corrected chi connectivity index (χ2v) is 4.71. The molecule has 0 saturated carbocycles. The summed E-state index contributed by atoms with van der Waals surface area (Å²) in [5.74, 6) is -1.41. The topological polar surface area (TPSA) is 80.3 Å². The predicted molar refractivity (Wildman–Crippen MR) is 82.9 cm³/mol. The minimum Gasteiger partial charge on any atom is -0.550 e. The van der Waals surface area contributed by atoms with Gasteiger partial charge in [-0.25, -0.2) is 0 Å². The van der Waals surface area contributed by atoms with Gasteiger partial charge in [-0.15, -0.1) is 0 Å². The van der Waals surface area contributed by atoms with Crippen molar-refractivity contribution in [3.05, 3.63) is 12.8 Å². The van der Waals surface area contributed by atoms with E-state index >= 15 is 0 Å². The van der Waals surface area contributed by atoms with Crippen molar-refractivity contribution in [1.29, 1.82) is 0 Å². The van der Waals surface area contributed by atoms with Gasteiger partial charge in [0.25, 0.3) is 0 Å². The van der Waals surface area contributed by atoms with Crippen LogP contribution in [0.1, 0.15) is 53.4 Å². The number of unbranched alkanes of at least 4 members (excludes halogenated alkanes) is 2. The SMILES string of the molecule is C[CH]CC.C[CH]CC.O=C([O-])CCSCCC(=O)[O-].[Sn+2]. The molecule has 0 amide bonds. The summed E-state index contributed by atoms with van der Waals surface area (Å²) < 4.78 is 0. The molecule has 0 N–H and O–H groups in total. The largest absolute Gasteiger partial charge is 2.00 e. The summed E-state index contributed by atoms with van der Waals surface area (Å²) in [6.07, 6.45) is 6.58. The average Bonchev–Trinajstić information content (AvgIpc) is 2.38. The summed E-state index contributed by atoms with van der Waals surface area (Å²) in [5.41, 5.74) is 0. The smallest absolute Gasteiger partial charge is 0.550 e. The van der Waals surface area contributed by atoms with Crippen LogP contribution in [0.3, 0.4) is 0 Å². The zero-order valence-electron chi connectivity index (χ0n) is 12.9. The molecule has 0 saturated heterocycles. The molecule has 0 spiro atoms. The quantitative estimate of drug-likeness (QED) is 0.439. The van der Waals surface area contributed by atoms with Gasteiger partial charge in [0.1, 0.15) is 0 Å². The van der Waals surface area contributed by atoms with E-state index in [0.29, 0.717) is 11.5 Å². The Morgan fingerprint density at radius 1 is 0.900 bits per heavy atom. The van der Waals surface area contributed by atoms with Crippen LogP contribution in [0, 0.1) is 12.8 Å². The van der Waals surface area contributed by atoms with Crippen LogP contribution >= 0.6 is 11.8 Å². The van der Waals surface area contributed by atoms with Crippen molar-refractivity contribution in [2.24, 2.45) is 0 Å². The molecule has 4 radical (unpaired) electrons. The number of carbonyl (C=O) groups is 2. The second-order valence-electron chi connectivity index (χ2n) is 3.49. The maximum Gasteiger partial charge on any atom is 2.00 e. The first kappa shape index (κ1) is 28.3. The molecule has 0 bridgehead atoms. The third kappa shape index (κ3) is 51.9. The Bertz CT molecular complexity index is 178. The van der Waals surface area contributed by atoms with Crippen molar-refractivity contribution < 1.29 is 19.8 Å². The van der Waals surface area contributed by atoms with Gasteiger partial charge in [0.2, 0.25) is 0 Å². The van der Waals surface area contributed by atoms with Gasteiger partial charge in [-0.2, -0.15) is 11.8 Å². The Morgan fingerprint density at radius 2 is 1.15 bits per heavy atom. The number of carboxylic acid groups (broad SMARTS) is 2. The maximum atomic E-state index is 9.84. The minimum absolute atomic E-state index is 0. The van der Waals surface area contributed by atoms with E-state index in [-0.39, 0.29) is 36.7 Å². The molecule has 0 aliphatic rings. The van der Waals surface area contributed by atoms with Crippen molar-refractivity contribution in [3.63, 3.8) is 0 Å². The van der Waals surface area contributed by atoms with Gasteiger partial charge in [0, 0.05) is 11.9 Å². The van der Waals surface area contributed by atoms with Crippen LogP contribution in [0.15, 0.2) is 0 Å². The summed E-state index contributed by atoms with van der Waals surface area (Å²) in [7, 11) is 0. The average molecular weight is 409 g/mol. The normalized spacial score (nSPS) is 8.20. The standard InChI is InChI=1S/C6H10O4S.2C4H9.Sn/c7-5(8)1-3-11-4-2-6(9)10;2*1-3-4-2;/h1-4H2,(H,7,8)(H,9,10);2*3H,4H2,1-2H3;/q;;;+2/p-2. The first-order chi connectivity index (χ1) is 8.95. The maximum absolute atomic E-state index is 9.84. The van der Waals surface area contributed by atoms with Gasteiger partial charge in [-0.1, -0.05) is 40.5 Å². The molecule has 0 unspecified atom stereocenters. The van der Waals surface area contributed by atoms with E-state index in [0.717, 1.165) is 0 Å². The van der Waals surface area contributed by atoms with Gasteiger partial charge < -0.3 is 19.8 Å². The summed E-state index contributed by atoms with van der Waals surface area (Å²) in [6.45, 7) is 8.36. The van der Waals surface area contributed by atoms with E-state index < -0.39 is 11.9 Å². The van der Waals surface area contributed by atoms with Crippen molar-refractivity contribution in [2.45, 2.75) is 53.4 Å². The Hall–Kier alpha value is 0.0887. The van der Waals surface area contributed by atoms with Gasteiger partial charge in [0.15, 0.2) is 0 Å². The van der Waals surface area contributed by atoms with Crippen molar-refractivity contribution in [2.75, 3.05) is 11.5 Å². The Labute approximate surface area is 145 Å². The Morgan fingerprint density at radius 3 is 1.30 bits per heavy atom. The number of rotatable bonds is 8. The molecule has 0 heterocycles. The first-order valence-corrected chi connectivity index (χ1v) is 7.64. The van der Waals surface area contributed by atoms with Gasteiger partial charge >= 0.3 is 23.9 Å². The van der Waals surface area contributed by atoms with Crippen LogP contribution < -0.4 is 10.2 Å². The van der Waals surface area contributed by atoms with E-state index in [9.17, 15) is 19.8 Å². The van der Waals surface area contributed by atoms with Crippen LogP contribution in [0.2, 0.25) is 0 Å². The molecule has 0 aliphatic carbocycles. The molecule has 0 aromatic carbocycles. The van der Waals surface area contributed by atoms with Crippen molar-refractivity contribution in [3.8, 4) is 0 Å². The van der Waals surface area contributed by atoms with E-state index in [1.165, 1.54) is 24.6 Å². The zero-order valence-corrected chi connectivity index (χ0v) is 16.6. The van der Waals surface area contributed by atoms with Crippen LogP contribution in [-0.4, -0.2) is 47.4 Å². The molecule has 4 nitrogen and oxygen atoms in total. The van der Waals surface area contributed by atoms with Crippen LogP contribution in [0.4, 0.5) is 0 Å². The fraction of sp³-hybridized carbons (Fsp3) is 0.714. The summed E-state index contributed by atoms with van der Waals surface area (Å²) in [5, 5.41) is 19.7. The van der Waals surface area contributed by atoms with Crippen molar-refractivity contribution in [1.82, 2.24) is 0 Å². The molecule has 0 aliphatic heterocycles. The molecule has 6 heteroatoms. The van der Waals surface area contributed by atoms with E-state index in [4.69, 9.17) is 0 Å². The fourth-order valence-corrected chi connectivity index (χ4v) is 1.24. The molecular weight excluding hydrogens is 383 g/mol. The number of thioether (sulfide) groups is 1. The predicted octanol–water partition coefficient (Wildman–Crippen LogP) is 0.860. The van der Waals surface area contributed by atoms with E-state index in [2.05, 4.69) is 40.5 Å². The monoisotopic (exact) mass is 410 g/mol. The first-order valence-electron chi connectivity index (χ1n) is 6.49. The van der Waals surface area contributed by atoms with Gasteiger partial charge in [0.05, 0.1) is 0 Å². The van der Waals surface area contributed by atoms with Crippen molar-refractivity contribution >= 4 is 47.6 Å². The molecule has 0 rings (SSSR count). The van der Waals surface area contributed by atoms with Crippen LogP contribution in [-0.2, 0) is 9.59 Å². The number of carboxylic acids is 2. The molecule has 0 aromatic rings. The number of aliphatic carboxylic acids is 2. The molecule has 116 valence electrons. The van der Waals surface area contributed by atoms with E-state index in [1.807, 2.05) is 0 Å². The number of hydrogen-bond donors (Lipinski definition) is 0. The fourth-order valence-electron chi connectivity index (χ4n) is 0.413. The molecular formula is C14H26O4SSn. The Balaban J connectivity index is -0.000000119. The second kappa shape index (κ2) is 27.4. The van der Waals surface area contributed by atoms with Crippen LogP contribution in [0.25, 0.3) is 0 Å². The summed E-state index contributed by atoms with van der Waals surface area (Å²) >= 11 is 1.27. The minimum atomic E-state index is -1.11. The third-order valence-electron chi connectivity index (χ3n) is 1.72. The van der Waals surface area contributed by atoms with Crippen LogP contribution in [0.5, 0.6) is 0 Å². The van der Waals surface area contributed by atoms with E-state index in [1.54, 1.807) is 0 Å². The molecule has 0 atom stereocenters. The number of carbonyl (C=O) groups excluding carboxylic acids is 2. The number of hydrogen-bond acceptors (Lipinski definition) is 5. The zero-order chi connectivity index (χ0) is 15.5. The van der Waals surface area contributed by atoms with Gasteiger partial charge in [-0.05, 0) is 37.2 Å². The summed E-state index contributed by atoms with van der Waals surface area (Å²) in [4.78, 5) is 19.7. The Kier molecular flexibility index (Phi) is 38.8. The summed E-state index contributed by atoms with van der Waals surface area (Å²) in [6, 6.07) is 0. The molecule has 0 fully saturated rings. The third-order valence-corrected chi connectivity index (χ3v) is 2.70. The molecule has 0 aromatic heterocycles. The van der Waals surface area contributed by atoms with Gasteiger partial charge in [-0.3, -0.25) is 0 Å².